The number of hydrazone groups is 1. The molecule has 11 heteroatoms. The Bertz CT molecular complexity index is 711. The Morgan fingerprint density at radius 1 is 1.16 bits per heavy atom. The van der Waals surface area contributed by atoms with Gasteiger partial charge in [-0.05, 0) is 25.2 Å². The van der Waals surface area contributed by atoms with E-state index in [1.165, 1.54) is 6.21 Å². The number of rotatable bonds is 5. The van der Waals surface area contributed by atoms with Crippen molar-refractivity contribution in [3.05, 3.63) is 50.1 Å². The highest BCUT2D eigenvalue weighted by atomic mass is 19.4. The normalized spacial score (nSPS) is 17.6. The fourth-order valence-corrected chi connectivity index (χ4v) is 2.34. The Balaban J connectivity index is 2.40. The van der Waals surface area contributed by atoms with Gasteiger partial charge < -0.3 is 0 Å². The molecule has 0 aliphatic heterocycles. The van der Waals surface area contributed by atoms with Gasteiger partial charge in [-0.1, -0.05) is 12.2 Å². The third-order valence-corrected chi connectivity index (χ3v) is 3.59. The first-order chi connectivity index (χ1) is 11.7. The molecule has 0 spiro atoms. The molecule has 1 aromatic carbocycles. The third kappa shape index (κ3) is 4.52. The van der Waals surface area contributed by atoms with Gasteiger partial charge in [-0.2, -0.15) is 18.3 Å². The van der Waals surface area contributed by atoms with E-state index in [9.17, 15) is 33.4 Å². The number of hydrogen-bond donors (Lipinski definition) is 1. The lowest BCUT2D eigenvalue weighted by Gasteiger charge is -2.12. The lowest BCUT2D eigenvalue weighted by atomic mass is 9.96. The zero-order chi connectivity index (χ0) is 18.6. The lowest BCUT2D eigenvalue weighted by molar-refractivity contribution is -0.392. The van der Waals surface area contributed by atoms with E-state index >= 15 is 0 Å². The second-order valence-electron chi connectivity index (χ2n) is 5.34. The topological polar surface area (TPSA) is 111 Å². The van der Waals surface area contributed by atoms with Crippen LogP contribution in [0.15, 0.2) is 29.4 Å². The number of anilines is 1. The molecule has 2 rings (SSSR count). The summed E-state index contributed by atoms with van der Waals surface area (Å²) < 4.78 is 38.4. The van der Waals surface area contributed by atoms with Crippen molar-refractivity contribution in [2.45, 2.75) is 25.4 Å². The molecule has 0 fully saturated rings. The van der Waals surface area contributed by atoms with Crippen LogP contribution < -0.4 is 5.43 Å². The molecule has 0 heterocycles. The Labute approximate surface area is 139 Å². The molecule has 0 saturated carbocycles. The van der Waals surface area contributed by atoms with Gasteiger partial charge in [0.2, 0.25) is 5.69 Å². The van der Waals surface area contributed by atoms with Gasteiger partial charge in [-0.25, -0.2) is 0 Å². The maximum Gasteiger partial charge on any atom is 0.416 e. The Kier molecular flexibility index (Phi) is 5.35. The van der Waals surface area contributed by atoms with Crippen LogP contribution in [-0.4, -0.2) is 16.1 Å². The first-order valence-corrected chi connectivity index (χ1v) is 7.18. The zero-order valence-corrected chi connectivity index (χ0v) is 12.7. The summed E-state index contributed by atoms with van der Waals surface area (Å²) >= 11 is 0. The molecule has 0 amide bonds. The number of nitro benzene ring substituents is 2. The number of halogens is 3. The van der Waals surface area contributed by atoms with E-state index in [1.54, 1.807) is 0 Å². The Hall–Kier alpha value is -2.98. The predicted molar refractivity (Wildman–Crippen MR) is 83.3 cm³/mol. The minimum absolute atomic E-state index is 0.0464. The molecule has 1 atom stereocenters. The molecular weight excluding hydrogens is 345 g/mol. The summed E-state index contributed by atoms with van der Waals surface area (Å²) in [6, 6.07) is 0.488. The summed E-state index contributed by atoms with van der Waals surface area (Å²) in [5.41, 5.74) is -2.13. The average Bonchev–Trinajstić information content (AvgIpc) is 2.54. The molecule has 134 valence electrons. The van der Waals surface area contributed by atoms with Gasteiger partial charge in [0.05, 0.1) is 15.4 Å². The fourth-order valence-electron chi connectivity index (χ4n) is 2.34. The van der Waals surface area contributed by atoms with Crippen molar-refractivity contribution in [1.82, 2.24) is 0 Å². The van der Waals surface area contributed by atoms with E-state index in [2.05, 4.69) is 10.5 Å². The van der Waals surface area contributed by atoms with Gasteiger partial charge in [0.25, 0.3) is 0 Å². The molecule has 0 radical (unpaired) electrons. The standard InChI is InChI=1S/C14H13F3N4O4/c15-14(16,17)10-6-11(20(22)23)13(12(7-10)21(24)25)19-18-8-9-4-2-1-3-5-9/h1-2,6-9,19H,3-5H2/b18-8-/t9-/m1/s1. The Morgan fingerprint density at radius 2 is 1.76 bits per heavy atom. The molecule has 1 aliphatic rings. The number of nitrogens with one attached hydrogen (secondary N) is 1. The van der Waals surface area contributed by atoms with Crippen LogP contribution in [-0.2, 0) is 6.18 Å². The molecule has 0 bridgehead atoms. The molecule has 0 saturated heterocycles. The average molecular weight is 358 g/mol. The van der Waals surface area contributed by atoms with E-state index in [-0.39, 0.29) is 18.1 Å². The van der Waals surface area contributed by atoms with Gasteiger partial charge in [0.15, 0.2) is 0 Å². The van der Waals surface area contributed by atoms with E-state index in [1.807, 2.05) is 12.2 Å². The molecule has 1 aromatic rings. The van der Waals surface area contributed by atoms with Crippen molar-refractivity contribution in [1.29, 1.82) is 0 Å². The number of allylic oxidation sites excluding steroid dienone is 2. The molecule has 1 N–H and O–H groups in total. The summed E-state index contributed by atoms with van der Waals surface area (Å²) in [4.78, 5) is 19.9. The van der Waals surface area contributed by atoms with E-state index < -0.39 is 38.6 Å². The van der Waals surface area contributed by atoms with Crippen molar-refractivity contribution >= 4 is 23.3 Å². The van der Waals surface area contributed by atoms with Crippen LogP contribution in [0, 0.1) is 26.1 Å². The molecule has 0 aromatic heterocycles. The monoisotopic (exact) mass is 358 g/mol. The van der Waals surface area contributed by atoms with Gasteiger partial charge in [-0.15, -0.1) is 0 Å². The SMILES string of the molecule is O=[N+]([O-])c1cc(C(F)(F)F)cc([N+](=O)[O-])c1N/N=C\[C@@H]1CC=CCC1. The number of hydrogen-bond acceptors (Lipinski definition) is 6. The number of alkyl halides is 3. The van der Waals surface area contributed by atoms with Crippen molar-refractivity contribution in [3.8, 4) is 0 Å². The summed E-state index contributed by atoms with van der Waals surface area (Å²) in [7, 11) is 0. The second kappa shape index (κ2) is 7.28. The zero-order valence-electron chi connectivity index (χ0n) is 12.7. The van der Waals surface area contributed by atoms with Crippen molar-refractivity contribution < 1.29 is 23.0 Å². The minimum atomic E-state index is -4.95. The van der Waals surface area contributed by atoms with Gasteiger partial charge in [0, 0.05) is 18.3 Å². The lowest BCUT2D eigenvalue weighted by Crippen LogP contribution is -2.10. The summed E-state index contributed by atoms with van der Waals surface area (Å²) in [5, 5.41) is 25.9. The fraction of sp³-hybridized carbons (Fsp3) is 0.357. The maximum atomic E-state index is 12.8. The highest BCUT2D eigenvalue weighted by Crippen LogP contribution is 2.41. The summed E-state index contributed by atoms with van der Waals surface area (Å²) in [6.45, 7) is 0. The smallest absolute Gasteiger partial charge is 0.266 e. The van der Waals surface area contributed by atoms with E-state index in [0.717, 1.165) is 12.8 Å². The predicted octanol–water partition coefficient (Wildman–Crippen LogP) is 4.28. The molecule has 8 nitrogen and oxygen atoms in total. The number of nitrogens with zero attached hydrogens (tertiary/aromatic N) is 3. The Morgan fingerprint density at radius 3 is 2.20 bits per heavy atom. The highest BCUT2D eigenvalue weighted by Gasteiger charge is 2.37. The highest BCUT2D eigenvalue weighted by molar-refractivity contribution is 5.76. The third-order valence-electron chi connectivity index (χ3n) is 3.59. The van der Waals surface area contributed by atoms with Crippen LogP contribution in [0.3, 0.4) is 0 Å². The minimum Gasteiger partial charge on any atom is -0.266 e. The first-order valence-electron chi connectivity index (χ1n) is 7.18. The van der Waals surface area contributed by atoms with E-state index in [0.29, 0.717) is 6.42 Å². The maximum absolute atomic E-state index is 12.8. The van der Waals surface area contributed by atoms with Crippen LogP contribution in [0.4, 0.5) is 30.2 Å². The summed E-state index contributed by atoms with van der Waals surface area (Å²) in [5.74, 6) is 0.0464. The van der Waals surface area contributed by atoms with Gasteiger partial charge >= 0.3 is 17.6 Å². The largest absolute Gasteiger partial charge is 0.416 e. The molecule has 0 unspecified atom stereocenters. The van der Waals surface area contributed by atoms with Gasteiger partial charge in [0.1, 0.15) is 0 Å². The number of nitro groups is 2. The second-order valence-corrected chi connectivity index (χ2v) is 5.34. The van der Waals surface area contributed by atoms with Crippen LogP contribution in [0.1, 0.15) is 24.8 Å². The van der Waals surface area contributed by atoms with Crippen LogP contribution in [0.5, 0.6) is 0 Å². The van der Waals surface area contributed by atoms with Crippen LogP contribution in [0.25, 0.3) is 0 Å². The van der Waals surface area contributed by atoms with Crippen molar-refractivity contribution in [2.75, 3.05) is 5.43 Å². The quantitative estimate of drug-likeness (QED) is 0.366. The molecule has 1 aliphatic carbocycles. The summed E-state index contributed by atoms with van der Waals surface area (Å²) in [6.07, 6.45) is 2.73. The van der Waals surface area contributed by atoms with Crippen LogP contribution >= 0.6 is 0 Å². The first kappa shape index (κ1) is 18.4. The number of benzene rings is 1. The van der Waals surface area contributed by atoms with Crippen LogP contribution in [0.2, 0.25) is 0 Å². The van der Waals surface area contributed by atoms with E-state index in [4.69, 9.17) is 0 Å². The van der Waals surface area contributed by atoms with Crippen molar-refractivity contribution in [3.63, 3.8) is 0 Å². The van der Waals surface area contributed by atoms with Crippen molar-refractivity contribution in [2.24, 2.45) is 11.0 Å². The molecule has 25 heavy (non-hydrogen) atoms. The van der Waals surface area contributed by atoms with Gasteiger partial charge in [-0.3, -0.25) is 25.7 Å². The molecular formula is C14H13F3N4O4.